The zero-order valence-corrected chi connectivity index (χ0v) is 18.6. The lowest BCUT2D eigenvalue weighted by molar-refractivity contribution is 0.122. The summed E-state index contributed by atoms with van der Waals surface area (Å²) in [6.07, 6.45) is 0.739. The highest BCUT2D eigenvalue weighted by atomic mass is 19.1. The number of anilines is 1. The van der Waals surface area contributed by atoms with Gasteiger partial charge in [-0.15, -0.1) is 0 Å². The minimum absolute atomic E-state index is 0.0547. The number of nitrogens with zero attached hydrogens (tertiary/aromatic N) is 4. The normalized spacial score (nSPS) is 16.5. The molecule has 8 heteroatoms. The smallest absolute Gasteiger partial charge is 0.229 e. The second-order valence-electron chi connectivity index (χ2n) is 8.48. The van der Waals surface area contributed by atoms with Crippen molar-refractivity contribution in [2.75, 3.05) is 37.7 Å². The van der Waals surface area contributed by atoms with Crippen LogP contribution in [-0.4, -0.2) is 47.7 Å². The van der Waals surface area contributed by atoms with Gasteiger partial charge in [0.05, 0.1) is 24.5 Å². The zero-order chi connectivity index (χ0) is 22.8. The molecule has 2 aromatic carbocycles. The SMILES string of the molecule is Cc1ccc(CN2CCc3nc(N4CCOCC4)nc(Oc4ccc(F)cc4F)c3C2)cc1. The predicted octanol–water partition coefficient (Wildman–Crippen LogP) is 4.25. The van der Waals surface area contributed by atoms with Crippen LogP contribution < -0.4 is 9.64 Å². The second kappa shape index (κ2) is 9.41. The number of halogens is 2. The zero-order valence-electron chi connectivity index (χ0n) is 18.6. The molecule has 3 heterocycles. The Morgan fingerprint density at radius 3 is 2.55 bits per heavy atom. The van der Waals surface area contributed by atoms with Gasteiger partial charge in [-0.05, 0) is 24.6 Å². The molecule has 0 bridgehead atoms. The Hall–Kier alpha value is -3.10. The number of aryl methyl sites for hydroxylation is 1. The lowest BCUT2D eigenvalue weighted by Gasteiger charge is -2.32. The Balaban J connectivity index is 1.46. The van der Waals surface area contributed by atoms with E-state index in [2.05, 4.69) is 46.0 Å². The van der Waals surface area contributed by atoms with E-state index in [0.717, 1.165) is 36.8 Å². The molecular formula is C25H26F2N4O2. The van der Waals surface area contributed by atoms with Crippen molar-refractivity contribution in [3.05, 3.63) is 76.5 Å². The molecule has 172 valence electrons. The molecule has 5 rings (SSSR count). The molecular weight excluding hydrogens is 426 g/mol. The van der Waals surface area contributed by atoms with Crippen LogP contribution in [0.25, 0.3) is 0 Å². The molecule has 1 fully saturated rings. The number of ether oxygens (including phenoxy) is 2. The number of rotatable bonds is 5. The van der Waals surface area contributed by atoms with Crippen molar-refractivity contribution in [2.24, 2.45) is 0 Å². The molecule has 3 aromatic rings. The molecule has 33 heavy (non-hydrogen) atoms. The fourth-order valence-electron chi connectivity index (χ4n) is 4.17. The van der Waals surface area contributed by atoms with Crippen LogP contribution in [0, 0.1) is 18.6 Å². The molecule has 6 nitrogen and oxygen atoms in total. The van der Waals surface area contributed by atoms with Crippen molar-refractivity contribution < 1.29 is 18.3 Å². The van der Waals surface area contributed by atoms with Gasteiger partial charge in [-0.3, -0.25) is 4.90 Å². The summed E-state index contributed by atoms with van der Waals surface area (Å²) in [7, 11) is 0. The third-order valence-corrected chi connectivity index (χ3v) is 6.01. The molecule has 0 aliphatic carbocycles. The Morgan fingerprint density at radius 1 is 1.00 bits per heavy atom. The topological polar surface area (TPSA) is 50.7 Å². The van der Waals surface area contributed by atoms with Crippen molar-refractivity contribution in [1.82, 2.24) is 14.9 Å². The Kier molecular flexibility index (Phi) is 6.20. The third-order valence-electron chi connectivity index (χ3n) is 6.01. The van der Waals surface area contributed by atoms with Crippen LogP contribution >= 0.6 is 0 Å². The summed E-state index contributed by atoms with van der Waals surface area (Å²) in [5.41, 5.74) is 4.20. The molecule has 0 atom stereocenters. The standard InChI is InChI=1S/C25H26F2N4O2/c1-17-2-4-18(5-3-17)15-30-9-8-22-20(16-30)24(33-23-7-6-19(26)14-21(23)27)29-25(28-22)31-10-12-32-13-11-31/h2-7,14H,8-13,15-16H2,1H3. The molecule has 0 saturated carbocycles. The van der Waals surface area contributed by atoms with E-state index in [1.807, 2.05) is 0 Å². The van der Waals surface area contributed by atoms with Gasteiger partial charge >= 0.3 is 0 Å². The highest BCUT2D eigenvalue weighted by molar-refractivity contribution is 5.44. The monoisotopic (exact) mass is 452 g/mol. The molecule has 0 amide bonds. The first-order valence-corrected chi connectivity index (χ1v) is 11.2. The molecule has 2 aliphatic heterocycles. The molecule has 0 N–H and O–H groups in total. The molecule has 0 unspecified atom stereocenters. The first kappa shape index (κ1) is 21.7. The summed E-state index contributed by atoms with van der Waals surface area (Å²) in [4.78, 5) is 13.9. The largest absolute Gasteiger partial charge is 0.435 e. The fraction of sp³-hybridized carbons (Fsp3) is 0.360. The molecule has 1 saturated heterocycles. The van der Waals surface area contributed by atoms with Crippen LogP contribution in [0.1, 0.15) is 22.4 Å². The fourth-order valence-corrected chi connectivity index (χ4v) is 4.17. The molecule has 1 aromatic heterocycles. The van der Waals surface area contributed by atoms with Gasteiger partial charge in [-0.25, -0.2) is 13.8 Å². The molecule has 0 radical (unpaired) electrons. The van der Waals surface area contributed by atoms with Crippen LogP contribution in [0.3, 0.4) is 0 Å². The van der Waals surface area contributed by atoms with Gasteiger partial charge in [0, 0.05) is 45.2 Å². The minimum Gasteiger partial charge on any atom is -0.435 e. The average molecular weight is 453 g/mol. The summed E-state index contributed by atoms with van der Waals surface area (Å²) in [5, 5.41) is 0. The summed E-state index contributed by atoms with van der Waals surface area (Å²) in [6, 6.07) is 11.8. The summed E-state index contributed by atoms with van der Waals surface area (Å²) in [5.74, 6) is -0.589. The second-order valence-corrected chi connectivity index (χ2v) is 8.48. The van der Waals surface area contributed by atoms with Crippen molar-refractivity contribution >= 4 is 5.95 Å². The van der Waals surface area contributed by atoms with E-state index >= 15 is 0 Å². The van der Waals surface area contributed by atoms with Crippen molar-refractivity contribution in [3.63, 3.8) is 0 Å². The van der Waals surface area contributed by atoms with E-state index in [1.165, 1.54) is 23.3 Å². The summed E-state index contributed by atoms with van der Waals surface area (Å²) >= 11 is 0. The predicted molar refractivity (Wildman–Crippen MR) is 120 cm³/mol. The van der Waals surface area contributed by atoms with Crippen molar-refractivity contribution in [3.8, 4) is 11.6 Å². The number of aromatic nitrogens is 2. The first-order valence-electron chi connectivity index (χ1n) is 11.2. The number of morpholine rings is 1. The van der Waals surface area contributed by atoms with Gasteiger partial charge in [0.25, 0.3) is 0 Å². The van der Waals surface area contributed by atoms with E-state index in [9.17, 15) is 8.78 Å². The third kappa shape index (κ3) is 4.96. The van der Waals surface area contributed by atoms with E-state index in [1.54, 1.807) is 0 Å². The van der Waals surface area contributed by atoms with E-state index in [4.69, 9.17) is 14.5 Å². The van der Waals surface area contributed by atoms with Gasteiger partial charge in [0.1, 0.15) is 5.82 Å². The van der Waals surface area contributed by atoms with Crippen LogP contribution in [0.15, 0.2) is 42.5 Å². The van der Waals surface area contributed by atoms with E-state index in [-0.39, 0.29) is 5.75 Å². The number of hydrogen-bond acceptors (Lipinski definition) is 6. The minimum atomic E-state index is -0.761. The van der Waals surface area contributed by atoms with Gasteiger partial charge in [-0.2, -0.15) is 4.98 Å². The number of benzene rings is 2. The quantitative estimate of drug-likeness (QED) is 0.577. The molecule has 0 spiro atoms. The van der Waals surface area contributed by atoms with Crippen molar-refractivity contribution in [2.45, 2.75) is 26.4 Å². The number of hydrogen-bond donors (Lipinski definition) is 0. The highest BCUT2D eigenvalue weighted by Crippen LogP contribution is 2.33. The Bertz CT molecular complexity index is 1130. The number of fused-ring (bicyclic) bond motifs is 1. The van der Waals surface area contributed by atoms with E-state index in [0.29, 0.717) is 44.7 Å². The maximum atomic E-state index is 14.4. The van der Waals surface area contributed by atoms with Gasteiger partial charge in [-0.1, -0.05) is 29.8 Å². The maximum Gasteiger partial charge on any atom is 0.229 e. The Morgan fingerprint density at radius 2 is 1.79 bits per heavy atom. The maximum absolute atomic E-state index is 14.4. The lowest BCUT2D eigenvalue weighted by atomic mass is 10.1. The van der Waals surface area contributed by atoms with Crippen LogP contribution in [-0.2, 0) is 24.2 Å². The highest BCUT2D eigenvalue weighted by Gasteiger charge is 2.26. The van der Waals surface area contributed by atoms with Gasteiger partial charge < -0.3 is 14.4 Å². The average Bonchev–Trinajstić information content (AvgIpc) is 2.83. The van der Waals surface area contributed by atoms with Crippen LogP contribution in [0.2, 0.25) is 0 Å². The van der Waals surface area contributed by atoms with Gasteiger partial charge in [0.15, 0.2) is 11.6 Å². The summed E-state index contributed by atoms with van der Waals surface area (Å²) < 4.78 is 39.2. The van der Waals surface area contributed by atoms with Crippen molar-refractivity contribution in [1.29, 1.82) is 0 Å². The lowest BCUT2D eigenvalue weighted by Crippen LogP contribution is -2.38. The van der Waals surface area contributed by atoms with Crippen LogP contribution in [0.4, 0.5) is 14.7 Å². The molecule has 2 aliphatic rings. The summed E-state index contributed by atoms with van der Waals surface area (Å²) in [6.45, 7) is 6.87. The Labute approximate surface area is 191 Å². The first-order chi connectivity index (χ1) is 16.0. The van der Waals surface area contributed by atoms with Crippen LogP contribution in [0.5, 0.6) is 11.6 Å². The van der Waals surface area contributed by atoms with Gasteiger partial charge in [0.2, 0.25) is 11.8 Å². The van der Waals surface area contributed by atoms with E-state index < -0.39 is 11.6 Å².